The summed E-state index contributed by atoms with van der Waals surface area (Å²) in [4.78, 5) is 0. The van der Waals surface area contributed by atoms with Crippen LogP contribution in [0.4, 0.5) is 0 Å². The van der Waals surface area contributed by atoms with Gasteiger partial charge < -0.3 is 5.11 Å². The van der Waals surface area contributed by atoms with Crippen molar-refractivity contribution >= 4 is 0 Å². The Labute approximate surface area is 64.5 Å². The predicted octanol–water partition coefficient (Wildman–Crippen LogP) is 2.54. The standard InChI is InChI=1S/C9H19O/c1-4-5-6-7-8-9(2,3)10/h4,10H,5-8H2,1-3H3. The molecule has 1 radical (unpaired) electrons. The van der Waals surface area contributed by atoms with Crippen LogP contribution < -0.4 is 0 Å². The zero-order chi connectivity index (χ0) is 8.04. The average molecular weight is 143 g/mol. The number of hydrogen-bond acceptors (Lipinski definition) is 1. The van der Waals surface area contributed by atoms with Crippen molar-refractivity contribution < 1.29 is 5.11 Å². The fraction of sp³-hybridized carbons (Fsp3) is 0.889. The molecule has 0 bridgehead atoms. The van der Waals surface area contributed by atoms with Crippen molar-refractivity contribution in [2.45, 2.75) is 52.1 Å². The molecule has 0 rings (SSSR count). The molecule has 0 heterocycles. The molecule has 0 unspecified atom stereocenters. The van der Waals surface area contributed by atoms with Gasteiger partial charge in [-0.1, -0.05) is 26.2 Å². The first-order valence-electron chi connectivity index (χ1n) is 4.06. The van der Waals surface area contributed by atoms with E-state index in [-0.39, 0.29) is 0 Å². The zero-order valence-corrected chi connectivity index (χ0v) is 7.35. The Kier molecular flexibility index (Phi) is 4.71. The van der Waals surface area contributed by atoms with E-state index in [1.165, 1.54) is 12.8 Å². The molecule has 0 aliphatic heterocycles. The molecule has 0 aliphatic carbocycles. The van der Waals surface area contributed by atoms with E-state index in [0.717, 1.165) is 12.8 Å². The van der Waals surface area contributed by atoms with Gasteiger partial charge in [0.2, 0.25) is 0 Å². The summed E-state index contributed by atoms with van der Waals surface area (Å²) in [5.74, 6) is 0. The third-order valence-electron chi connectivity index (χ3n) is 1.53. The molecule has 0 fully saturated rings. The van der Waals surface area contributed by atoms with Gasteiger partial charge in [0.1, 0.15) is 0 Å². The van der Waals surface area contributed by atoms with Crippen LogP contribution in [0.2, 0.25) is 0 Å². The highest BCUT2D eigenvalue weighted by molar-refractivity contribution is 4.65. The highest BCUT2D eigenvalue weighted by Gasteiger charge is 2.10. The maximum atomic E-state index is 9.31. The second-order valence-corrected chi connectivity index (χ2v) is 3.47. The average Bonchev–Trinajstić information content (AvgIpc) is 1.78. The van der Waals surface area contributed by atoms with Crippen molar-refractivity contribution in [2.75, 3.05) is 0 Å². The summed E-state index contributed by atoms with van der Waals surface area (Å²) in [5, 5.41) is 9.31. The van der Waals surface area contributed by atoms with E-state index >= 15 is 0 Å². The minimum atomic E-state index is -0.465. The van der Waals surface area contributed by atoms with E-state index in [4.69, 9.17) is 0 Å². The Morgan fingerprint density at radius 1 is 1.30 bits per heavy atom. The predicted molar refractivity (Wildman–Crippen MR) is 44.7 cm³/mol. The Morgan fingerprint density at radius 2 is 1.90 bits per heavy atom. The minimum Gasteiger partial charge on any atom is -0.390 e. The highest BCUT2D eigenvalue weighted by Crippen LogP contribution is 2.13. The van der Waals surface area contributed by atoms with Crippen LogP contribution in [0.25, 0.3) is 0 Å². The molecule has 0 aromatic carbocycles. The van der Waals surface area contributed by atoms with Crippen LogP contribution in [-0.4, -0.2) is 10.7 Å². The molecule has 1 N–H and O–H groups in total. The van der Waals surface area contributed by atoms with E-state index < -0.39 is 5.60 Å². The van der Waals surface area contributed by atoms with Gasteiger partial charge in [-0.25, -0.2) is 0 Å². The SMILES string of the molecule is C[CH]CCCCC(C)(C)O. The molecule has 61 valence electrons. The van der Waals surface area contributed by atoms with Crippen molar-refractivity contribution in [1.29, 1.82) is 0 Å². The van der Waals surface area contributed by atoms with Gasteiger partial charge in [0.05, 0.1) is 5.60 Å². The zero-order valence-electron chi connectivity index (χ0n) is 7.35. The third-order valence-corrected chi connectivity index (χ3v) is 1.53. The second kappa shape index (κ2) is 4.73. The molecule has 0 aromatic heterocycles. The van der Waals surface area contributed by atoms with E-state index in [1.54, 1.807) is 0 Å². The molecule has 0 amide bonds. The molecular weight excluding hydrogens is 124 g/mol. The number of unbranched alkanes of at least 4 members (excludes halogenated alkanes) is 3. The minimum absolute atomic E-state index is 0.465. The largest absolute Gasteiger partial charge is 0.390 e. The van der Waals surface area contributed by atoms with Gasteiger partial charge in [-0.15, -0.1) is 0 Å². The highest BCUT2D eigenvalue weighted by atomic mass is 16.3. The number of hydrogen-bond donors (Lipinski definition) is 1. The molecule has 0 saturated carbocycles. The van der Waals surface area contributed by atoms with Crippen LogP contribution in [0.3, 0.4) is 0 Å². The molecule has 0 aromatic rings. The number of aliphatic hydroxyl groups is 1. The molecule has 0 saturated heterocycles. The molecule has 1 heteroatoms. The molecular formula is C9H19O. The van der Waals surface area contributed by atoms with Gasteiger partial charge in [0.15, 0.2) is 0 Å². The Morgan fingerprint density at radius 3 is 2.30 bits per heavy atom. The van der Waals surface area contributed by atoms with Crippen molar-refractivity contribution in [3.05, 3.63) is 6.42 Å². The van der Waals surface area contributed by atoms with E-state index in [9.17, 15) is 5.11 Å². The fourth-order valence-corrected chi connectivity index (χ4v) is 0.906. The van der Waals surface area contributed by atoms with Crippen LogP contribution >= 0.6 is 0 Å². The topological polar surface area (TPSA) is 20.2 Å². The van der Waals surface area contributed by atoms with Gasteiger partial charge in [-0.3, -0.25) is 0 Å². The van der Waals surface area contributed by atoms with Crippen molar-refractivity contribution in [1.82, 2.24) is 0 Å². The van der Waals surface area contributed by atoms with Crippen LogP contribution in [0.15, 0.2) is 0 Å². The maximum Gasteiger partial charge on any atom is 0.0591 e. The first-order chi connectivity index (χ1) is 4.56. The lowest BCUT2D eigenvalue weighted by molar-refractivity contribution is 0.0682. The molecule has 10 heavy (non-hydrogen) atoms. The van der Waals surface area contributed by atoms with Crippen LogP contribution in [0, 0.1) is 6.42 Å². The van der Waals surface area contributed by atoms with E-state index in [2.05, 4.69) is 13.3 Å². The summed E-state index contributed by atoms with van der Waals surface area (Å²) in [6, 6.07) is 0. The summed E-state index contributed by atoms with van der Waals surface area (Å²) in [7, 11) is 0. The molecule has 1 nitrogen and oxygen atoms in total. The van der Waals surface area contributed by atoms with Gasteiger partial charge in [-0.05, 0) is 26.7 Å². The molecule has 0 aliphatic rings. The lowest BCUT2D eigenvalue weighted by atomic mass is 10.0. The Hall–Kier alpha value is -0.0400. The van der Waals surface area contributed by atoms with Crippen LogP contribution in [0.5, 0.6) is 0 Å². The third kappa shape index (κ3) is 7.96. The first-order valence-corrected chi connectivity index (χ1v) is 4.06. The van der Waals surface area contributed by atoms with Gasteiger partial charge in [0, 0.05) is 0 Å². The first kappa shape index (κ1) is 9.96. The van der Waals surface area contributed by atoms with Crippen molar-refractivity contribution in [3.8, 4) is 0 Å². The van der Waals surface area contributed by atoms with Crippen molar-refractivity contribution in [3.63, 3.8) is 0 Å². The van der Waals surface area contributed by atoms with Gasteiger partial charge >= 0.3 is 0 Å². The van der Waals surface area contributed by atoms with Gasteiger partial charge in [-0.2, -0.15) is 0 Å². The normalized spacial score (nSPS) is 12.0. The summed E-state index contributed by atoms with van der Waals surface area (Å²) >= 11 is 0. The van der Waals surface area contributed by atoms with Crippen molar-refractivity contribution in [2.24, 2.45) is 0 Å². The lowest BCUT2D eigenvalue weighted by Gasteiger charge is -2.15. The lowest BCUT2D eigenvalue weighted by Crippen LogP contribution is -2.17. The van der Waals surface area contributed by atoms with E-state index in [1.807, 2.05) is 13.8 Å². The maximum absolute atomic E-state index is 9.31. The second-order valence-electron chi connectivity index (χ2n) is 3.47. The van der Waals surface area contributed by atoms with Crippen LogP contribution in [0.1, 0.15) is 46.5 Å². The fourth-order valence-electron chi connectivity index (χ4n) is 0.906. The molecule has 0 atom stereocenters. The Balaban J connectivity index is 3.04. The summed E-state index contributed by atoms with van der Waals surface area (Å²) in [6.45, 7) is 5.80. The van der Waals surface area contributed by atoms with Crippen LogP contribution in [-0.2, 0) is 0 Å². The summed E-state index contributed by atoms with van der Waals surface area (Å²) < 4.78 is 0. The van der Waals surface area contributed by atoms with Gasteiger partial charge in [0.25, 0.3) is 0 Å². The smallest absolute Gasteiger partial charge is 0.0591 e. The molecule has 0 spiro atoms. The quantitative estimate of drug-likeness (QED) is 0.586. The summed E-state index contributed by atoms with van der Waals surface area (Å²) in [6.07, 6.45) is 6.61. The Bertz CT molecular complexity index is 71.3. The monoisotopic (exact) mass is 143 g/mol. The summed E-state index contributed by atoms with van der Waals surface area (Å²) in [5.41, 5.74) is -0.465. The number of rotatable bonds is 5. The van der Waals surface area contributed by atoms with E-state index in [0.29, 0.717) is 0 Å².